The monoisotopic (exact) mass is 533 g/mol. The minimum atomic E-state index is -2.46. The predicted octanol–water partition coefficient (Wildman–Crippen LogP) is 4.23. The van der Waals surface area contributed by atoms with Gasteiger partial charge in [-0.05, 0) is 42.8 Å². The quantitative estimate of drug-likeness (QED) is 0.395. The number of fused-ring (bicyclic) bond motifs is 2. The third kappa shape index (κ3) is 3.52. The molecule has 0 saturated carbocycles. The second kappa shape index (κ2) is 8.32. The number of nitrogens with zero attached hydrogens (tertiary/aromatic N) is 6. The molecule has 38 heavy (non-hydrogen) atoms. The van der Waals surface area contributed by atoms with E-state index in [1.165, 1.54) is 12.1 Å². The van der Waals surface area contributed by atoms with E-state index in [1.807, 2.05) is 30.5 Å². The van der Waals surface area contributed by atoms with Crippen LogP contribution in [0, 0.1) is 22.3 Å². The van der Waals surface area contributed by atoms with Crippen LogP contribution >= 0.6 is 0 Å². The van der Waals surface area contributed by atoms with Crippen LogP contribution < -0.4 is 9.80 Å². The summed E-state index contributed by atoms with van der Waals surface area (Å²) in [4.78, 5) is 13.8. The number of halogens is 2. The van der Waals surface area contributed by atoms with Gasteiger partial charge in [-0.1, -0.05) is 12.2 Å². The van der Waals surface area contributed by atoms with Crippen LogP contribution in [-0.2, 0) is 15.3 Å². The Bertz CT molecular complexity index is 1690. The molecule has 3 aliphatic rings. The molecule has 2 saturated heterocycles. The molecule has 0 unspecified atom stereocenters. The van der Waals surface area contributed by atoms with Crippen LogP contribution in [0.1, 0.15) is 12.0 Å². The smallest absolute Gasteiger partial charge is 0.166 e. The van der Waals surface area contributed by atoms with E-state index < -0.39 is 26.9 Å². The van der Waals surface area contributed by atoms with Crippen LogP contribution in [-0.4, -0.2) is 54.9 Å². The Kier molecular flexibility index (Phi) is 5.10. The SMILES string of the molecule is N=S1(=O)CCN(c2ccc(-c3cnn4ccc(N5CC[C@H]6C=C[C@]65c5cc(F)ccc5F)nc34)nc2)CC1. The molecule has 5 heterocycles. The summed E-state index contributed by atoms with van der Waals surface area (Å²) in [5, 5.41) is 4.45. The van der Waals surface area contributed by atoms with Crippen LogP contribution in [0.15, 0.2) is 67.1 Å². The zero-order chi connectivity index (χ0) is 26.1. The van der Waals surface area contributed by atoms with Crippen molar-refractivity contribution in [1.29, 1.82) is 4.78 Å². The van der Waals surface area contributed by atoms with Crippen molar-refractivity contribution in [1.82, 2.24) is 19.6 Å². The van der Waals surface area contributed by atoms with Crippen molar-refractivity contribution in [3.05, 3.63) is 84.3 Å². The molecule has 1 aromatic carbocycles. The fourth-order valence-electron chi connectivity index (χ4n) is 5.93. The fraction of sp³-hybridized carbons (Fsp3) is 0.296. The maximum Gasteiger partial charge on any atom is 0.166 e. The van der Waals surface area contributed by atoms with Crippen molar-refractivity contribution in [2.75, 3.05) is 40.9 Å². The number of hydrogen-bond acceptors (Lipinski definition) is 7. The van der Waals surface area contributed by atoms with Crippen molar-refractivity contribution in [2.45, 2.75) is 12.0 Å². The van der Waals surface area contributed by atoms with Crippen molar-refractivity contribution in [3.63, 3.8) is 0 Å². The van der Waals surface area contributed by atoms with E-state index in [2.05, 4.69) is 26.0 Å². The first-order valence-electron chi connectivity index (χ1n) is 12.6. The van der Waals surface area contributed by atoms with Crippen LogP contribution in [0.5, 0.6) is 0 Å². The minimum Gasteiger partial charge on any atom is -0.368 e. The number of hydrogen-bond donors (Lipinski definition) is 1. The maximum atomic E-state index is 15.0. The number of aromatic nitrogens is 4. The van der Waals surface area contributed by atoms with E-state index in [4.69, 9.17) is 9.76 Å². The molecule has 7 rings (SSSR count). The van der Waals surface area contributed by atoms with E-state index in [9.17, 15) is 13.0 Å². The van der Waals surface area contributed by atoms with Gasteiger partial charge in [0.15, 0.2) is 5.65 Å². The first kappa shape index (κ1) is 23.3. The number of rotatable bonds is 4. The molecule has 2 fully saturated rings. The van der Waals surface area contributed by atoms with Crippen LogP contribution in [0.2, 0.25) is 0 Å². The Morgan fingerprint density at radius 2 is 1.89 bits per heavy atom. The molecule has 3 aromatic heterocycles. The predicted molar refractivity (Wildman–Crippen MR) is 142 cm³/mol. The second-order valence-electron chi connectivity index (χ2n) is 10.1. The van der Waals surface area contributed by atoms with Gasteiger partial charge in [0.25, 0.3) is 0 Å². The molecule has 0 amide bonds. The Balaban J connectivity index is 1.23. The average molecular weight is 534 g/mol. The van der Waals surface area contributed by atoms with Crippen LogP contribution in [0.3, 0.4) is 0 Å². The highest BCUT2D eigenvalue weighted by Crippen LogP contribution is 2.53. The summed E-state index contributed by atoms with van der Waals surface area (Å²) in [6.07, 6.45) is 10.2. The van der Waals surface area contributed by atoms with Crippen LogP contribution in [0.25, 0.3) is 16.9 Å². The van der Waals surface area contributed by atoms with E-state index in [-0.39, 0.29) is 5.92 Å². The standard InChI is InChI=1S/C27H25F2N7OS/c28-19-1-3-23(29)22(15-19)27-8-5-18(27)6-9-35(27)25-7-10-36-26(33-25)21(17-32-36)24-4-2-20(16-31-24)34-11-13-38(30,37)14-12-34/h1-5,7-8,10,15-18,30H,6,9,11-14H2/t18-,27-/m1/s1. The summed E-state index contributed by atoms with van der Waals surface area (Å²) in [6, 6.07) is 9.37. The molecule has 11 heteroatoms. The lowest BCUT2D eigenvalue weighted by molar-refractivity contribution is 0.388. The van der Waals surface area contributed by atoms with Gasteiger partial charge in [0.05, 0.1) is 34.9 Å². The topological polar surface area (TPSA) is 90.5 Å². The summed E-state index contributed by atoms with van der Waals surface area (Å²) >= 11 is 0. The Morgan fingerprint density at radius 1 is 1.05 bits per heavy atom. The third-order valence-corrected chi connectivity index (χ3v) is 9.70. The Morgan fingerprint density at radius 3 is 2.63 bits per heavy atom. The molecule has 0 radical (unpaired) electrons. The molecule has 4 aromatic rings. The van der Waals surface area contributed by atoms with Crippen molar-refractivity contribution < 1.29 is 13.0 Å². The highest BCUT2D eigenvalue weighted by molar-refractivity contribution is 7.92. The number of benzene rings is 1. The summed E-state index contributed by atoms with van der Waals surface area (Å²) in [5.41, 5.74) is 2.58. The first-order chi connectivity index (χ1) is 18.3. The van der Waals surface area contributed by atoms with E-state index >= 15 is 0 Å². The van der Waals surface area contributed by atoms with Gasteiger partial charge in [-0.2, -0.15) is 5.10 Å². The van der Waals surface area contributed by atoms with Gasteiger partial charge in [-0.15, -0.1) is 0 Å². The highest BCUT2D eigenvalue weighted by atomic mass is 32.2. The lowest BCUT2D eigenvalue weighted by atomic mass is 9.70. The third-order valence-electron chi connectivity index (χ3n) is 8.02. The summed E-state index contributed by atoms with van der Waals surface area (Å²) < 4.78 is 50.6. The molecule has 194 valence electrons. The lowest BCUT2D eigenvalue weighted by Crippen LogP contribution is -2.48. The summed E-state index contributed by atoms with van der Waals surface area (Å²) in [7, 11) is -2.46. The van der Waals surface area contributed by atoms with Crippen molar-refractivity contribution >= 4 is 26.9 Å². The first-order valence-corrected chi connectivity index (χ1v) is 14.5. The molecule has 1 aliphatic carbocycles. The van der Waals surface area contributed by atoms with E-state index in [1.54, 1.807) is 16.9 Å². The molecule has 2 aliphatic heterocycles. The molecule has 2 atom stereocenters. The second-order valence-corrected chi connectivity index (χ2v) is 12.5. The van der Waals surface area contributed by atoms with Gasteiger partial charge in [0.2, 0.25) is 0 Å². The molecule has 8 nitrogen and oxygen atoms in total. The maximum absolute atomic E-state index is 15.0. The lowest BCUT2D eigenvalue weighted by Gasteiger charge is -2.45. The summed E-state index contributed by atoms with van der Waals surface area (Å²) in [6.45, 7) is 1.81. The average Bonchev–Trinajstić information content (AvgIpc) is 3.43. The normalized spacial score (nSPS) is 24.0. The Hall–Kier alpha value is -3.86. The molecule has 0 spiro atoms. The van der Waals surface area contributed by atoms with Crippen LogP contribution in [0.4, 0.5) is 20.3 Å². The van der Waals surface area contributed by atoms with Gasteiger partial charge in [0, 0.05) is 58.5 Å². The van der Waals surface area contributed by atoms with Gasteiger partial charge in [-0.25, -0.2) is 22.5 Å². The van der Waals surface area contributed by atoms with Gasteiger partial charge >= 0.3 is 0 Å². The van der Waals surface area contributed by atoms with Gasteiger partial charge in [-0.3, -0.25) is 9.76 Å². The molecule has 0 bridgehead atoms. The fourth-order valence-corrected chi connectivity index (χ4v) is 7.16. The Labute approximate surface area is 218 Å². The zero-order valence-corrected chi connectivity index (χ0v) is 21.2. The molecular formula is C27H25F2N7OS. The van der Waals surface area contributed by atoms with E-state index in [0.717, 1.165) is 23.7 Å². The van der Waals surface area contributed by atoms with Crippen molar-refractivity contribution in [3.8, 4) is 11.3 Å². The zero-order valence-electron chi connectivity index (χ0n) is 20.4. The van der Waals surface area contributed by atoms with E-state index in [0.29, 0.717) is 53.9 Å². The van der Waals surface area contributed by atoms with Crippen molar-refractivity contribution in [2.24, 2.45) is 5.92 Å². The summed E-state index contributed by atoms with van der Waals surface area (Å²) in [5.74, 6) is 0.580. The van der Waals surface area contributed by atoms with Gasteiger partial charge < -0.3 is 9.80 Å². The number of anilines is 2. The molecule has 1 N–H and O–H groups in total. The largest absolute Gasteiger partial charge is 0.368 e. The number of pyridine rings is 1. The van der Waals surface area contributed by atoms with Gasteiger partial charge in [0.1, 0.15) is 17.5 Å². The number of nitrogens with one attached hydrogen (secondary N) is 1. The molecular weight excluding hydrogens is 508 g/mol. The minimum absolute atomic E-state index is 0.0774. The highest BCUT2D eigenvalue weighted by Gasteiger charge is 2.54.